The van der Waals surface area contributed by atoms with Gasteiger partial charge in [0.1, 0.15) is 5.82 Å². The molecule has 0 spiro atoms. The van der Waals surface area contributed by atoms with Gasteiger partial charge in [0, 0.05) is 6.04 Å². The molecule has 0 saturated heterocycles. The molecule has 0 aromatic carbocycles. The fourth-order valence-corrected chi connectivity index (χ4v) is 1.67. The SMILES string of the molecule is CC(C)CCCC(C)NC(=O)c1ccc(N)nn1. The largest absolute Gasteiger partial charge is 0.382 e. The maximum absolute atomic E-state index is 11.8. The predicted molar refractivity (Wildman–Crippen MR) is 72.1 cm³/mol. The number of carbonyl (C=O) groups excluding carboxylic acids is 1. The van der Waals surface area contributed by atoms with Crippen molar-refractivity contribution in [3.63, 3.8) is 0 Å². The molecule has 1 unspecified atom stereocenters. The van der Waals surface area contributed by atoms with E-state index >= 15 is 0 Å². The van der Waals surface area contributed by atoms with Gasteiger partial charge < -0.3 is 11.1 Å². The Bertz CT molecular complexity index is 375. The van der Waals surface area contributed by atoms with E-state index in [4.69, 9.17) is 5.73 Å². The number of rotatable bonds is 6. The van der Waals surface area contributed by atoms with Crippen molar-refractivity contribution in [3.8, 4) is 0 Å². The van der Waals surface area contributed by atoms with Crippen molar-refractivity contribution >= 4 is 11.7 Å². The Morgan fingerprint density at radius 2 is 2.00 bits per heavy atom. The molecule has 0 aliphatic rings. The van der Waals surface area contributed by atoms with Gasteiger partial charge in [-0.3, -0.25) is 4.79 Å². The lowest BCUT2D eigenvalue weighted by molar-refractivity contribution is 0.0932. The van der Waals surface area contributed by atoms with E-state index in [0.717, 1.165) is 12.8 Å². The van der Waals surface area contributed by atoms with Crippen LogP contribution in [-0.4, -0.2) is 22.1 Å². The number of anilines is 1. The van der Waals surface area contributed by atoms with Gasteiger partial charge in [-0.25, -0.2) is 0 Å². The monoisotopic (exact) mass is 250 g/mol. The third-order valence-electron chi connectivity index (χ3n) is 2.71. The van der Waals surface area contributed by atoms with Crippen molar-refractivity contribution in [2.45, 2.75) is 46.1 Å². The summed E-state index contributed by atoms with van der Waals surface area (Å²) in [6.07, 6.45) is 3.28. The Morgan fingerprint density at radius 1 is 1.28 bits per heavy atom. The summed E-state index contributed by atoms with van der Waals surface area (Å²) >= 11 is 0. The van der Waals surface area contributed by atoms with Gasteiger partial charge in [-0.1, -0.05) is 26.7 Å². The molecule has 0 radical (unpaired) electrons. The van der Waals surface area contributed by atoms with Crippen molar-refractivity contribution in [2.24, 2.45) is 5.92 Å². The van der Waals surface area contributed by atoms with E-state index in [2.05, 4.69) is 29.4 Å². The van der Waals surface area contributed by atoms with E-state index in [1.165, 1.54) is 6.42 Å². The standard InChI is InChI=1S/C13H22N4O/c1-9(2)5-4-6-10(3)15-13(18)11-7-8-12(14)17-16-11/h7-10H,4-6H2,1-3H3,(H2,14,17)(H,15,18). The van der Waals surface area contributed by atoms with Gasteiger partial charge in [0.05, 0.1) is 0 Å². The lowest BCUT2D eigenvalue weighted by Gasteiger charge is -2.14. The normalized spacial score (nSPS) is 12.4. The number of nitrogens with zero attached hydrogens (tertiary/aromatic N) is 2. The Hall–Kier alpha value is -1.65. The zero-order valence-corrected chi connectivity index (χ0v) is 11.3. The molecule has 1 rings (SSSR count). The van der Waals surface area contributed by atoms with Crippen molar-refractivity contribution in [2.75, 3.05) is 5.73 Å². The average molecular weight is 250 g/mol. The van der Waals surface area contributed by atoms with Crippen LogP contribution in [0.15, 0.2) is 12.1 Å². The molecule has 0 aliphatic carbocycles. The second kappa shape index (κ2) is 6.93. The van der Waals surface area contributed by atoms with Crippen LogP contribution in [0.25, 0.3) is 0 Å². The second-order valence-electron chi connectivity index (χ2n) is 5.04. The quantitative estimate of drug-likeness (QED) is 0.809. The Labute approximate surface area is 108 Å². The molecule has 1 aromatic heterocycles. The number of aromatic nitrogens is 2. The Kier molecular flexibility index (Phi) is 5.55. The van der Waals surface area contributed by atoms with Gasteiger partial charge in [0.25, 0.3) is 5.91 Å². The number of nitrogens with one attached hydrogen (secondary N) is 1. The molecule has 1 aromatic rings. The molecule has 5 heteroatoms. The third-order valence-corrected chi connectivity index (χ3v) is 2.71. The fraction of sp³-hybridized carbons (Fsp3) is 0.615. The maximum atomic E-state index is 11.8. The highest BCUT2D eigenvalue weighted by molar-refractivity contribution is 5.92. The number of nitrogens with two attached hydrogens (primary N) is 1. The summed E-state index contributed by atoms with van der Waals surface area (Å²) < 4.78 is 0. The van der Waals surface area contributed by atoms with E-state index in [-0.39, 0.29) is 11.9 Å². The molecule has 3 N–H and O–H groups in total. The number of hydrogen-bond acceptors (Lipinski definition) is 4. The van der Waals surface area contributed by atoms with E-state index in [1.54, 1.807) is 12.1 Å². The molecular weight excluding hydrogens is 228 g/mol. The van der Waals surface area contributed by atoms with E-state index < -0.39 is 0 Å². The van der Waals surface area contributed by atoms with Crippen molar-refractivity contribution in [3.05, 3.63) is 17.8 Å². The highest BCUT2D eigenvalue weighted by atomic mass is 16.2. The molecule has 0 fully saturated rings. The molecular formula is C13H22N4O. The van der Waals surface area contributed by atoms with Crippen molar-refractivity contribution in [1.29, 1.82) is 0 Å². The van der Waals surface area contributed by atoms with E-state index in [0.29, 0.717) is 17.4 Å². The molecule has 18 heavy (non-hydrogen) atoms. The highest BCUT2D eigenvalue weighted by Crippen LogP contribution is 2.08. The van der Waals surface area contributed by atoms with Gasteiger partial charge in [-0.2, -0.15) is 0 Å². The molecule has 1 amide bonds. The predicted octanol–water partition coefficient (Wildman–Crippen LogP) is 2.00. The van der Waals surface area contributed by atoms with Crippen LogP contribution in [-0.2, 0) is 0 Å². The van der Waals surface area contributed by atoms with Gasteiger partial charge >= 0.3 is 0 Å². The van der Waals surface area contributed by atoms with E-state index in [1.807, 2.05) is 6.92 Å². The van der Waals surface area contributed by atoms with Crippen LogP contribution in [0.4, 0.5) is 5.82 Å². The molecule has 5 nitrogen and oxygen atoms in total. The van der Waals surface area contributed by atoms with Crippen LogP contribution >= 0.6 is 0 Å². The van der Waals surface area contributed by atoms with Gasteiger partial charge in [0.15, 0.2) is 5.69 Å². The van der Waals surface area contributed by atoms with Crippen LogP contribution < -0.4 is 11.1 Å². The molecule has 0 bridgehead atoms. The first-order valence-corrected chi connectivity index (χ1v) is 6.39. The summed E-state index contributed by atoms with van der Waals surface area (Å²) in [6.45, 7) is 6.41. The first kappa shape index (κ1) is 14.4. The summed E-state index contributed by atoms with van der Waals surface area (Å²) in [5, 5.41) is 10.3. The molecule has 100 valence electrons. The first-order chi connectivity index (χ1) is 8.49. The maximum Gasteiger partial charge on any atom is 0.272 e. The second-order valence-corrected chi connectivity index (χ2v) is 5.04. The topological polar surface area (TPSA) is 80.9 Å². The first-order valence-electron chi connectivity index (χ1n) is 6.39. The van der Waals surface area contributed by atoms with E-state index in [9.17, 15) is 4.79 Å². The molecule has 1 heterocycles. The number of nitrogen functional groups attached to an aromatic ring is 1. The van der Waals surface area contributed by atoms with Crippen LogP contribution in [0.2, 0.25) is 0 Å². The van der Waals surface area contributed by atoms with Crippen LogP contribution in [0.1, 0.15) is 50.5 Å². The summed E-state index contributed by atoms with van der Waals surface area (Å²) in [4.78, 5) is 11.8. The smallest absolute Gasteiger partial charge is 0.272 e. The summed E-state index contributed by atoms with van der Waals surface area (Å²) in [6, 6.07) is 3.31. The zero-order valence-electron chi connectivity index (χ0n) is 11.3. The Morgan fingerprint density at radius 3 is 2.56 bits per heavy atom. The van der Waals surface area contributed by atoms with Crippen LogP contribution in [0.3, 0.4) is 0 Å². The van der Waals surface area contributed by atoms with Gasteiger partial charge in [-0.05, 0) is 31.4 Å². The lowest BCUT2D eigenvalue weighted by Crippen LogP contribution is -2.33. The summed E-state index contributed by atoms with van der Waals surface area (Å²) in [7, 11) is 0. The summed E-state index contributed by atoms with van der Waals surface area (Å²) in [5.74, 6) is 0.826. The molecule has 1 atom stereocenters. The van der Waals surface area contributed by atoms with Crippen LogP contribution in [0.5, 0.6) is 0 Å². The van der Waals surface area contributed by atoms with Gasteiger partial charge in [0.2, 0.25) is 0 Å². The van der Waals surface area contributed by atoms with Crippen LogP contribution in [0, 0.1) is 5.92 Å². The van der Waals surface area contributed by atoms with Crippen molar-refractivity contribution in [1.82, 2.24) is 15.5 Å². The molecule has 0 aliphatic heterocycles. The minimum atomic E-state index is -0.195. The third kappa shape index (κ3) is 5.12. The number of amides is 1. The number of hydrogen-bond donors (Lipinski definition) is 2. The number of carbonyl (C=O) groups is 1. The minimum absolute atomic E-state index is 0.149. The van der Waals surface area contributed by atoms with Crippen molar-refractivity contribution < 1.29 is 4.79 Å². The average Bonchev–Trinajstić information content (AvgIpc) is 2.29. The summed E-state index contributed by atoms with van der Waals surface area (Å²) in [5.41, 5.74) is 5.72. The lowest BCUT2D eigenvalue weighted by atomic mass is 10.0. The highest BCUT2D eigenvalue weighted by Gasteiger charge is 2.11. The fourth-order valence-electron chi connectivity index (χ4n) is 1.67. The zero-order chi connectivity index (χ0) is 13.5. The minimum Gasteiger partial charge on any atom is -0.382 e. The molecule has 0 saturated carbocycles. The Balaban J connectivity index is 2.37. The van der Waals surface area contributed by atoms with Gasteiger partial charge in [-0.15, -0.1) is 10.2 Å².